The van der Waals surface area contributed by atoms with Gasteiger partial charge in [-0.3, -0.25) is 4.79 Å². The third-order valence-electron chi connectivity index (χ3n) is 2.13. The van der Waals surface area contributed by atoms with Crippen LogP contribution in [0.1, 0.15) is 30.5 Å². The van der Waals surface area contributed by atoms with Crippen molar-refractivity contribution in [3.8, 4) is 0 Å². The Morgan fingerprint density at radius 2 is 2.44 bits per heavy atom. The number of hydrogen-bond acceptors (Lipinski definition) is 5. The van der Waals surface area contributed by atoms with Crippen LogP contribution in [0.25, 0.3) is 0 Å². The van der Waals surface area contributed by atoms with E-state index in [-0.39, 0.29) is 12.4 Å². The topological polar surface area (TPSA) is 51.2 Å². The molecule has 0 saturated heterocycles. The number of thiazole rings is 1. The van der Waals surface area contributed by atoms with E-state index < -0.39 is 0 Å². The molecule has 0 aliphatic heterocycles. The van der Waals surface area contributed by atoms with Crippen molar-refractivity contribution in [1.29, 1.82) is 0 Å². The van der Waals surface area contributed by atoms with Crippen molar-refractivity contribution in [2.45, 2.75) is 26.2 Å². The molecular formula is C11H18N2O2S. The summed E-state index contributed by atoms with van der Waals surface area (Å²) in [5.41, 5.74) is 0.807. The van der Waals surface area contributed by atoms with Crippen LogP contribution in [0, 0.1) is 0 Å². The van der Waals surface area contributed by atoms with Crippen molar-refractivity contribution >= 4 is 17.3 Å². The minimum atomic E-state index is -0.208. The molecule has 0 aliphatic rings. The summed E-state index contributed by atoms with van der Waals surface area (Å²) >= 11 is 1.60. The number of likely N-dealkylation sites (N-methyl/N-ethyl adjacent to an activating group) is 1. The number of nitrogens with one attached hydrogen (secondary N) is 1. The summed E-state index contributed by atoms with van der Waals surface area (Å²) in [5.74, 6) is 0.173. The number of esters is 1. The highest BCUT2D eigenvalue weighted by Gasteiger charge is 2.12. The summed E-state index contributed by atoms with van der Waals surface area (Å²) in [6.07, 6.45) is 0.274. The van der Waals surface area contributed by atoms with Crippen LogP contribution >= 0.6 is 11.3 Å². The molecule has 1 aromatic rings. The maximum Gasteiger partial charge on any atom is 0.311 e. The van der Waals surface area contributed by atoms with Crippen molar-refractivity contribution < 1.29 is 9.53 Å². The lowest BCUT2D eigenvalue weighted by molar-refractivity contribution is -0.142. The molecule has 90 valence electrons. The Morgan fingerprint density at radius 3 is 3.06 bits per heavy atom. The molecule has 1 unspecified atom stereocenters. The number of hydrogen-bond donors (Lipinski definition) is 1. The molecule has 0 saturated carbocycles. The highest BCUT2D eigenvalue weighted by atomic mass is 32.1. The Labute approximate surface area is 100 Å². The molecule has 0 bridgehead atoms. The maximum atomic E-state index is 11.2. The lowest BCUT2D eigenvalue weighted by atomic mass is 10.2. The van der Waals surface area contributed by atoms with Gasteiger partial charge in [-0.2, -0.15) is 0 Å². The van der Waals surface area contributed by atoms with Crippen LogP contribution in [0.3, 0.4) is 0 Å². The zero-order valence-electron chi connectivity index (χ0n) is 9.95. The summed E-state index contributed by atoms with van der Waals surface area (Å²) < 4.78 is 4.88. The van der Waals surface area contributed by atoms with Gasteiger partial charge in [0.15, 0.2) is 0 Å². The van der Waals surface area contributed by atoms with Gasteiger partial charge in [-0.25, -0.2) is 4.98 Å². The fourth-order valence-corrected chi connectivity index (χ4v) is 2.26. The van der Waals surface area contributed by atoms with E-state index in [4.69, 9.17) is 4.74 Å². The van der Waals surface area contributed by atoms with Gasteiger partial charge in [0.1, 0.15) is 0 Å². The van der Waals surface area contributed by atoms with Crippen LogP contribution in [0.4, 0.5) is 0 Å². The molecule has 0 aromatic carbocycles. The first-order chi connectivity index (χ1) is 7.67. The van der Waals surface area contributed by atoms with Crippen molar-refractivity contribution in [3.63, 3.8) is 0 Å². The standard InChI is InChI=1S/C11H18N2O2S/c1-4-15-10(14)5-9-7-16-11(13-9)8(2)6-12-3/h7-8,12H,4-6H2,1-3H3. The van der Waals surface area contributed by atoms with Gasteiger partial charge in [0.05, 0.1) is 23.7 Å². The number of aromatic nitrogens is 1. The van der Waals surface area contributed by atoms with Gasteiger partial charge in [0.25, 0.3) is 0 Å². The molecule has 1 heterocycles. The molecule has 5 heteroatoms. The van der Waals surface area contributed by atoms with E-state index in [1.54, 1.807) is 18.3 Å². The van der Waals surface area contributed by atoms with Crippen LogP contribution in [0.15, 0.2) is 5.38 Å². The van der Waals surface area contributed by atoms with Crippen LogP contribution < -0.4 is 5.32 Å². The smallest absolute Gasteiger partial charge is 0.311 e. The molecule has 16 heavy (non-hydrogen) atoms. The normalized spacial score (nSPS) is 12.4. The lowest BCUT2D eigenvalue weighted by Crippen LogP contribution is -2.14. The first-order valence-electron chi connectivity index (χ1n) is 5.41. The second-order valence-electron chi connectivity index (χ2n) is 3.62. The quantitative estimate of drug-likeness (QED) is 0.769. The van der Waals surface area contributed by atoms with Gasteiger partial charge in [0.2, 0.25) is 0 Å². The Hall–Kier alpha value is -0.940. The Morgan fingerprint density at radius 1 is 1.69 bits per heavy atom. The molecule has 0 radical (unpaired) electrons. The van der Waals surface area contributed by atoms with E-state index in [9.17, 15) is 4.79 Å². The van der Waals surface area contributed by atoms with Gasteiger partial charge in [-0.05, 0) is 14.0 Å². The maximum absolute atomic E-state index is 11.2. The fraction of sp³-hybridized carbons (Fsp3) is 0.636. The second kappa shape index (κ2) is 6.60. The van der Waals surface area contributed by atoms with Crippen molar-refractivity contribution in [2.24, 2.45) is 0 Å². The largest absolute Gasteiger partial charge is 0.466 e. The summed E-state index contributed by atoms with van der Waals surface area (Å²) in [6.45, 7) is 5.24. The number of ether oxygens (including phenoxy) is 1. The van der Waals surface area contributed by atoms with Crippen LogP contribution in [0.5, 0.6) is 0 Å². The SMILES string of the molecule is CCOC(=O)Cc1csc(C(C)CNC)n1. The average molecular weight is 242 g/mol. The van der Waals surface area contributed by atoms with E-state index in [1.807, 2.05) is 12.4 Å². The summed E-state index contributed by atoms with van der Waals surface area (Å²) in [7, 11) is 1.92. The summed E-state index contributed by atoms with van der Waals surface area (Å²) in [4.78, 5) is 15.7. The third-order valence-corrected chi connectivity index (χ3v) is 3.26. The predicted molar refractivity (Wildman–Crippen MR) is 64.8 cm³/mol. The molecule has 0 aliphatic carbocycles. The minimum Gasteiger partial charge on any atom is -0.466 e. The molecule has 0 spiro atoms. The van der Waals surface area contributed by atoms with Crippen molar-refractivity contribution in [2.75, 3.05) is 20.2 Å². The van der Waals surface area contributed by atoms with E-state index >= 15 is 0 Å². The molecule has 1 N–H and O–H groups in total. The molecular weight excluding hydrogens is 224 g/mol. The number of carbonyl (C=O) groups is 1. The Balaban J connectivity index is 2.54. The summed E-state index contributed by atoms with van der Waals surface area (Å²) in [6, 6.07) is 0. The van der Waals surface area contributed by atoms with Crippen molar-refractivity contribution in [1.82, 2.24) is 10.3 Å². The van der Waals surface area contributed by atoms with Gasteiger partial charge < -0.3 is 10.1 Å². The predicted octanol–water partition coefficient (Wildman–Crippen LogP) is 1.57. The average Bonchev–Trinajstić information content (AvgIpc) is 2.67. The zero-order valence-corrected chi connectivity index (χ0v) is 10.8. The number of rotatable bonds is 6. The molecule has 1 rings (SSSR count). The molecule has 0 fully saturated rings. The highest BCUT2D eigenvalue weighted by molar-refractivity contribution is 7.09. The Bertz CT molecular complexity index is 338. The fourth-order valence-electron chi connectivity index (χ4n) is 1.38. The van der Waals surface area contributed by atoms with Crippen LogP contribution in [-0.2, 0) is 16.0 Å². The first-order valence-corrected chi connectivity index (χ1v) is 6.29. The number of carbonyl (C=O) groups excluding carboxylic acids is 1. The van der Waals surface area contributed by atoms with E-state index in [1.165, 1.54) is 0 Å². The molecule has 0 amide bonds. The van der Waals surface area contributed by atoms with Crippen LogP contribution in [-0.4, -0.2) is 31.2 Å². The minimum absolute atomic E-state index is 0.208. The van der Waals surface area contributed by atoms with E-state index in [0.29, 0.717) is 12.5 Å². The third kappa shape index (κ3) is 3.90. The van der Waals surface area contributed by atoms with Gasteiger partial charge in [-0.15, -0.1) is 11.3 Å². The molecule has 4 nitrogen and oxygen atoms in total. The van der Waals surface area contributed by atoms with Gasteiger partial charge in [0, 0.05) is 17.8 Å². The Kier molecular flexibility index (Phi) is 5.42. The monoisotopic (exact) mass is 242 g/mol. The van der Waals surface area contributed by atoms with Gasteiger partial charge in [-0.1, -0.05) is 6.92 Å². The van der Waals surface area contributed by atoms with E-state index in [0.717, 1.165) is 17.2 Å². The first kappa shape index (κ1) is 13.1. The molecule has 1 aromatic heterocycles. The molecule has 1 atom stereocenters. The number of nitrogens with zero attached hydrogens (tertiary/aromatic N) is 1. The van der Waals surface area contributed by atoms with E-state index in [2.05, 4.69) is 17.2 Å². The lowest BCUT2D eigenvalue weighted by Gasteiger charge is -2.05. The second-order valence-corrected chi connectivity index (χ2v) is 4.51. The highest BCUT2D eigenvalue weighted by Crippen LogP contribution is 2.19. The van der Waals surface area contributed by atoms with Crippen molar-refractivity contribution in [3.05, 3.63) is 16.1 Å². The summed E-state index contributed by atoms with van der Waals surface area (Å²) in [5, 5.41) is 6.10. The zero-order chi connectivity index (χ0) is 12.0. The van der Waals surface area contributed by atoms with Crippen LogP contribution in [0.2, 0.25) is 0 Å². The van der Waals surface area contributed by atoms with Gasteiger partial charge >= 0.3 is 5.97 Å².